The van der Waals surface area contributed by atoms with E-state index in [1.54, 1.807) is 0 Å². The second-order valence-corrected chi connectivity index (χ2v) is 6.91. The molecular weight excluding hydrogens is 320 g/mol. The van der Waals surface area contributed by atoms with Gasteiger partial charge >= 0.3 is 0 Å². The molecule has 0 unspecified atom stereocenters. The molecule has 0 amide bonds. The summed E-state index contributed by atoms with van der Waals surface area (Å²) >= 11 is 0. The molecule has 3 aromatic rings. The Morgan fingerprint density at radius 2 is 1.65 bits per heavy atom. The van der Waals surface area contributed by atoms with Crippen molar-refractivity contribution in [1.29, 1.82) is 0 Å². The molecule has 0 aliphatic carbocycles. The lowest BCUT2D eigenvalue weighted by atomic mass is 10.1. The molecule has 0 radical (unpaired) electrons. The predicted molar refractivity (Wildman–Crippen MR) is 108 cm³/mol. The maximum absolute atomic E-state index is 4.97. The first kappa shape index (κ1) is 16.6. The fourth-order valence-corrected chi connectivity index (χ4v) is 3.56. The normalized spacial score (nSPS) is 13.4. The predicted octanol–water partition coefficient (Wildman–Crippen LogP) is 4.16. The Kier molecular flexibility index (Phi) is 4.57. The Morgan fingerprint density at radius 3 is 2.38 bits per heavy atom. The third kappa shape index (κ3) is 3.27. The summed E-state index contributed by atoms with van der Waals surface area (Å²) in [5, 5.41) is 0. The van der Waals surface area contributed by atoms with Gasteiger partial charge in [-0.15, -0.1) is 0 Å². The summed E-state index contributed by atoms with van der Waals surface area (Å²) in [5.74, 6) is 2.91. The van der Waals surface area contributed by atoms with Crippen LogP contribution in [-0.2, 0) is 13.0 Å². The molecule has 1 aliphatic heterocycles. The molecule has 4 rings (SSSR count). The summed E-state index contributed by atoms with van der Waals surface area (Å²) in [6.45, 7) is 1.88. The van der Waals surface area contributed by atoms with Crippen molar-refractivity contribution in [3.8, 4) is 11.4 Å². The smallest absolute Gasteiger partial charge is 0.163 e. The maximum Gasteiger partial charge on any atom is 0.163 e. The largest absolute Gasteiger partial charge is 0.359 e. The van der Waals surface area contributed by atoms with E-state index in [1.807, 2.05) is 18.2 Å². The van der Waals surface area contributed by atoms with Crippen LogP contribution >= 0.6 is 0 Å². The van der Waals surface area contributed by atoms with Gasteiger partial charge < -0.3 is 9.80 Å². The van der Waals surface area contributed by atoms with Crippen LogP contribution in [0.25, 0.3) is 11.4 Å². The van der Waals surface area contributed by atoms with Gasteiger partial charge in [0.15, 0.2) is 5.82 Å². The Bertz CT molecular complexity index is 877. The van der Waals surface area contributed by atoms with E-state index in [4.69, 9.17) is 9.97 Å². The number of rotatable bonds is 4. The van der Waals surface area contributed by atoms with Crippen LogP contribution in [0.3, 0.4) is 0 Å². The summed E-state index contributed by atoms with van der Waals surface area (Å²) in [6, 6.07) is 20.8. The zero-order valence-corrected chi connectivity index (χ0v) is 15.4. The van der Waals surface area contributed by atoms with Gasteiger partial charge in [-0.2, -0.15) is 0 Å². The van der Waals surface area contributed by atoms with E-state index < -0.39 is 0 Å². The van der Waals surface area contributed by atoms with Crippen molar-refractivity contribution in [3.05, 3.63) is 71.8 Å². The van der Waals surface area contributed by atoms with Crippen LogP contribution in [0.15, 0.2) is 60.7 Å². The van der Waals surface area contributed by atoms with E-state index in [1.165, 1.54) is 11.1 Å². The van der Waals surface area contributed by atoms with Gasteiger partial charge in [0.25, 0.3) is 0 Å². The minimum atomic E-state index is 0.799. The fourth-order valence-electron chi connectivity index (χ4n) is 3.56. The van der Waals surface area contributed by atoms with E-state index in [9.17, 15) is 0 Å². The van der Waals surface area contributed by atoms with Crippen LogP contribution in [0, 0.1) is 0 Å². The molecule has 0 saturated heterocycles. The van der Waals surface area contributed by atoms with Crippen LogP contribution in [0.5, 0.6) is 0 Å². The Hall–Kier alpha value is -2.88. The molecule has 0 saturated carbocycles. The van der Waals surface area contributed by atoms with E-state index in [2.05, 4.69) is 66.4 Å². The highest BCUT2D eigenvalue weighted by Gasteiger charge is 2.23. The van der Waals surface area contributed by atoms with Gasteiger partial charge in [-0.05, 0) is 18.4 Å². The van der Waals surface area contributed by atoms with Gasteiger partial charge in [0.2, 0.25) is 0 Å². The molecule has 132 valence electrons. The van der Waals surface area contributed by atoms with E-state index in [-0.39, 0.29) is 0 Å². The molecular formula is C22H24N4. The van der Waals surface area contributed by atoms with Gasteiger partial charge in [-0.1, -0.05) is 60.7 Å². The zero-order valence-electron chi connectivity index (χ0n) is 15.4. The maximum atomic E-state index is 4.97. The van der Waals surface area contributed by atoms with Crippen molar-refractivity contribution in [2.75, 3.05) is 30.4 Å². The first-order chi connectivity index (χ1) is 12.7. The van der Waals surface area contributed by atoms with Gasteiger partial charge in [0, 0.05) is 38.3 Å². The number of fused-ring (bicyclic) bond motifs is 1. The average molecular weight is 344 g/mol. The number of hydrogen-bond donors (Lipinski definition) is 0. The summed E-state index contributed by atoms with van der Waals surface area (Å²) < 4.78 is 0. The third-order valence-electron chi connectivity index (χ3n) is 4.90. The van der Waals surface area contributed by atoms with Crippen molar-refractivity contribution >= 4 is 11.6 Å². The van der Waals surface area contributed by atoms with Crippen molar-refractivity contribution in [1.82, 2.24) is 9.97 Å². The van der Waals surface area contributed by atoms with Gasteiger partial charge in [-0.25, -0.2) is 9.97 Å². The number of hydrogen-bond acceptors (Lipinski definition) is 4. The van der Waals surface area contributed by atoms with Gasteiger partial charge in [0.05, 0.1) is 0 Å². The Balaban J connectivity index is 1.78. The molecule has 0 bridgehead atoms. The Labute approximate surface area is 155 Å². The number of anilines is 2. The summed E-state index contributed by atoms with van der Waals surface area (Å²) in [4.78, 5) is 14.4. The molecule has 1 aliphatic rings. The summed E-state index contributed by atoms with van der Waals surface area (Å²) in [5.41, 5.74) is 3.60. The van der Waals surface area contributed by atoms with Crippen LogP contribution in [0.2, 0.25) is 0 Å². The lowest BCUT2D eigenvalue weighted by molar-refractivity contribution is 0.718. The minimum Gasteiger partial charge on any atom is -0.359 e. The Morgan fingerprint density at radius 1 is 0.962 bits per heavy atom. The topological polar surface area (TPSA) is 32.3 Å². The molecule has 0 atom stereocenters. The van der Waals surface area contributed by atoms with Crippen molar-refractivity contribution in [2.45, 2.75) is 19.4 Å². The third-order valence-corrected chi connectivity index (χ3v) is 4.90. The molecule has 4 nitrogen and oxygen atoms in total. The van der Waals surface area contributed by atoms with Gasteiger partial charge in [0.1, 0.15) is 11.6 Å². The second-order valence-electron chi connectivity index (χ2n) is 6.91. The van der Waals surface area contributed by atoms with Crippen molar-refractivity contribution < 1.29 is 0 Å². The molecule has 1 aromatic heterocycles. The second kappa shape index (κ2) is 7.16. The number of nitrogens with zero attached hydrogens (tertiary/aromatic N) is 4. The zero-order chi connectivity index (χ0) is 17.9. The fraction of sp³-hybridized carbons (Fsp3) is 0.273. The molecule has 0 spiro atoms. The van der Waals surface area contributed by atoms with Crippen LogP contribution in [-0.4, -0.2) is 30.6 Å². The van der Waals surface area contributed by atoms with Crippen LogP contribution in [0.4, 0.5) is 11.6 Å². The molecule has 0 N–H and O–H groups in total. The molecule has 26 heavy (non-hydrogen) atoms. The molecule has 0 fully saturated rings. The standard InChI is InChI=1S/C22H24N4/c1-25-15-9-14-19-21(25)23-20(18-12-7-4-8-13-18)24-22(19)26(2)16-17-10-5-3-6-11-17/h3-8,10-13H,9,14-16H2,1-2H3. The van der Waals surface area contributed by atoms with E-state index in [0.717, 1.165) is 49.0 Å². The van der Waals surface area contributed by atoms with E-state index >= 15 is 0 Å². The summed E-state index contributed by atoms with van der Waals surface area (Å²) in [7, 11) is 4.25. The highest BCUT2D eigenvalue weighted by molar-refractivity contribution is 5.68. The van der Waals surface area contributed by atoms with E-state index in [0.29, 0.717) is 0 Å². The first-order valence-electron chi connectivity index (χ1n) is 9.15. The summed E-state index contributed by atoms with van der Waals surface area (Å²) in [6.07, 6.45) is 2.17. The highest BCUT2D eigenvalue weighted by Crippen LogP contribution is 2.33. The number of benzene rings is 2. The van der Waals surface area contributed by atoms with Crippen molar-refractivity contribution in [2.24, 2.45) is 0 Å². The average Bonchev–Trinajstić information content (AvgIpc) is 2.69. The minimum absolute atomic E-state index is 0.799. The highest BCUT2D eigenvalue weighted by atomic mass is 15.2. The lowest BCUT2D eigenvalue weighted by Gasteiger charge is -2.31. The molecule has 2 aromatic carbocycles. The van der Waals surface area contributed by atoms with Crippen LogP contribution < -0.4 is 9.80 Å². The quantitative estimate of drug-likeness (QED) is 0.711. The SMILES string of the molecule is CN1CCCc2c1nc(-c1ccccc1)nc2N(C)Cc1ccccc1. The first-order valence-corrected chi connectivity index (χ1v) is 9.15. The molecule has 2 heterocycles. The molecule has 4 heteroatoms. The lowest BCUT2D eigenvalue weighted by Crippen LogP contribution is -2.29. The number of aromatic nitrogens is 2. The monoisotopic (exact) mass is 344 g/mol. The van der Waals surface area contributed by atoms with Crippen molar-refractivity contribution in [3.63, 3.8) is 0 Å². The van der Waals surface area contributed by atoms with Gasteiger partial charge in [-0.3, -0.25) is 0 Å². The van der Waals surface area contributed by atoms with Crippen LogP contribution in [0.1, 0.15) is 17.5 Å².